The summed E-state index contributed by atoms with van der Waals surface area (Å²) in [5.41, 5.74) is 0.600. The van der Waals surface area contributed by atoms with Crippen molar-refractivity contribution >= 4 is 22.6 Å². The standard InChI is InChI=1S/C13H11N3O3/c1-2-19-13(18)16-12(17)15-10-6-4-3-5-9(10)7-8-11(15)14-16/h3-8H,2H2,1H3. The molecule has 0 spiro atoms. The molecule has 0 atom stereocenters. The molecule has 1 aromatic carbocycles. The van der Waals surface area contributed by atoms with Crippen molar-refractivity contribution in [1.82, 2.24) is 14.2 Å². The summed E-state index contributed by atoms with van der Waals surface area (Å²) in [6.07, 6.45) is -0.764. The second-order valence-electron chi connectivity index (χ2n) is 3.98. The van der Waals surface area contributed by atoms with E-state index in [1.807, 2.05) is 24.3 Å². The normalized spacial score (nSPS) is 11.0. The molecule has 96 valence electrons. The molecule has 0 radical (unpaired) electrons. The zero-order valence-corrected chi connectivity index (χ0v) is 10.2. The number of hydrogen-bond acceptors (Lipinski definition) is 4. The minimum atomic E-state index is -0.764. The lowest BCUT2D eigenvalue weighted by atomic mass is 10.2. The summed E-state index contributed by atoms with van der Waals surface area (Å²) in [7, 11) is 0. The quantitative estimate of drug-likeness (QED) is 0.665. The monoisotopic (exact) mass is 257 g/mol. The first-order chi connectivity index (χ1) is 9.22. The number of hydrogen-bond donors (Lipinski definition) is 0. The van der Waals surface area contributed by atoms with Gasteiger partial charge in [0.25, 0.3) is 0 Å². The van der Waals surface area contributed by atoms with Gasteiger partial charge in [-0.2, -0.15) is 0 Å². The number of para-hydroxylation sites is 1. The molecule has 19 heavy (non-hydrogen) atoms. The molecule has 0 saturated carbocycles. The lowest BCUT2D eigenvalue weighted by molar-refractivity contribution is 0.149. The van der Waals surface area contributed by atoms with E-state index in [9.17, 15) is 9.59 Å². The SMILES string of the molecule is CCOC(=O)n1nc2ccc3ccccc3n2c1=O. The van der Waals surface area contributed by atoms with Crippen LogP contribution in [0.25, 0.3) is 16.6 Å². The molecule has 0 amide bonds. The van der Waals surface area contributed by atoms with E-state index in [0.29, 0.717) is 11.2 Å². The molecular weight excluding hydrogens is 246 g/mol. The molecule has 0 N–H and O–H groups in total. The predicted molar refractivity (Wildman–Crippen MR) is 69.4 cm³/mol. The maximum atomic E-state index is 12.2. The maximum Gasteiger partial charge on any atom is 0.439 e. The van der Waals surface area contributed by atoms with Gasteiger partial charge in [0.1, 0.15) is 0 Å². The number of carbonyl (C=O) groups is 1. The van der Waals surface area contributed by atoms with E-state index in [-0.39, 0.29) is 6.61 Å². The minimum absolute atomic E-state index is 0.194. The molecule has 0 saturated heterocycles. The van der Waals surface area contributed by atoms with Gasteiger partial charge in [-0.3, -0.25) is 0 Å². The Balaban J connectivity index is 2.35. The topological polar surface area (TPSA) is 65.6 Å². The molecule has 3 aromatic rings. The Morgan fingerprint density at radius 3 is 2.84 bits per heavy atom. The highest BCUT2D eigenvalue weighted by atomic mass is 16.6. The van der Waals surface area contributed by atoms with Gasteiger partial charge in [0.05, 0.1) is 12.1 Å². The van der Waals surface area contributed by atoms with Crippen LogP contribution in [-0.4, -0.2) is 26.9 Å². The van der Waals surface area contributed by atoms with Crippen LogP contribution < -0.4 is 5.69 Å². The molecule has 2 heterocycles. The Hall–Kier alpha value is -2.63. The number of fused-ring (bicyclic) bond motifs is 3. The van der Waals surface area contributed by atoms with Crippen LogP contribution in [0.5, 0.6) is 0 Å². The van der Waals surface area contributed by atoms with Crippen LogP contribution in [0.15, 0.2) is 41.2 Å². The summed E-state index contributed by atoms with van der Waals surface area (Å²) in [6.45, 7) is 1.87. The Bertz CT molecular complexity index is 832. The van der Waals surface area contributed by atoms with Gasteiger partial charge in [-0.25, -0.2) is 14.0 Å². The van der Waals surface area contributed by atoms with E-state index in [2.05, 4.69) is 5.10 Å². The second-order valence-corrected chi connectivity index (χ2v) is 3.98. The van der Waals surface area contributed by atoms with Crippen LogP contribution in [0, 0.1) is 0 Å². The van der Waals surface area contributed by atoms with Gasteiger partial charge in [0.2, 0.25) is 0 Å². The summed E-state index contributed by atoms with van der Waals surface area (Å²) in [5, 5.41) is 4.88. The van der Waals surface area contributed by atoms with Crippen molar-refractivity contribution in [2.75, 3.05) is 6.61 Å². The van der Waals surface area contributed by atoms with E-state index >= 15 is 0 Å². The summed E-state index contributed by atoms with van der Waals surface area (Å²) in [4.78, 5) is 23.9. The Kier molecular flexibility index (Phi) is 2.56. The summed E-state index contributed by atoms with van der Waals surface area (Å²) in [5.74, 6) is 0. The first kappa shape index (κ1) is 11.5. The van der Waals surface area contributed by atoms with E-state index in [1.54, 1.807) is 19.1 Å². The van der Waals surface area contributed by atoms with Crippen LogP contribution in [0.2, 0.25) is 0 Å². The molecule has 2 aromatic heterocycles. The number of rotatable bonds is 1. The maximum absolute atomic E-state index is 12.2. The van der Waals surface area contributed by atoms with Gasteiger partial charge in [0.15, 0.2) is 5.65 Å². The lowest BCUT2D eigenvalue weighted by Crippen LogP contribution is -2.28. The molecule has 0 aliphatic heterocycles. The van der Waals surface area contributed by atoms with Gasteiger partial charge in [-0.15, -0.1) is 9.78 Å². The van der Waals surface area contributed by atoms with Crippen LogP contribution in [0.4, 0.5) is 4.79 Å². The fraction of sp³-hybridized carbons (Fsp3) is 0.154. The lowest BCUT2D eigenvalue weighted by Gasteiger charge is -1.98. The molecule has 6 heteroatoms. The molecule has 3 rings (SSSR count). The number of aromatic nitrogens is 3. The van der Waals surface area contributed by atoms with Crippen molar-refractivity contribution in [3.8, 4) is 0 Å². The van der Waals surface area contributed by atoms with Crippen molar-refractivity contribution < 1.29 is 9.53 Å². The molecule has 6 nitrogen and oxygen atoms in total. The van der Waals surface area contributed by atoms with Crippen molar-refractivity contribution in [2.24, 2.45) is 0 Å². The second kappa shape index (κ2) is 4.24. The van der Waals surface area contributed by atoms with Crippen molar-refractivity contribution in [3.63, 3.8) is 0 Å². The number of pyridine rings is 1. The minimum Gasteiger partial charge on any atom is -0.448 e. The van der Waals surface area contributed by atoms with E-state index in [0.717, 1.165) is 10.1 Å². The Labute approximate surface area is 107 Å². The van der Waals surface area contributed by atoms with Gasteiger partial charge in [0, 0.05) is 0 Å². The third kappa shape index (κ3) is 1.69. The highest BCUT2D eigenvalue weighted by molar-refractivity contribution is 5.82. The summed E-state index contributed by atoms with van der Waals surface area (Å²) >= 11 is 0. The highest BCUT2D eigenvalue weighted by Gasteiger charge is 2.15. The fourth-order valence-electron chi connectivity index (χ4n) is 2.02. The van der Waals surface area contributed by atoms with Crippen molar-refractivity contribution in [1.29, 1.82) is 0 Å². The zero-order chi connectivity index (χ0) is 13.4. The molecule has 0 aliphatic carbocycles. The third-order valence-corrected chi connectivity index (χ3v) is 2.83. The first-order valence-electron chi connectivity index (χ1n) is 5.89. The highest BCUT2D eigenvalue weighted by Crippen LogP contribution is 2.13. The van der Waals surface area contributed by atoms with Crippen LogP contribution in [0.1, 0.15) is 6.92 Å². The van der Waals surface area contributed by atoms with Crippen LogP contribution in [-0.2, 0) is 4.74 Å². The average molecular weight is 257 g/mol. The zero-order valence-electron chi connectivity index (χ0n) is 10.2. The fourth-order valence-corrected chi connectivity index (χ4v) is 2.02. The van der Waals surface area contributed by atoms with E-state index < -0.39 is 11.8 Å². The van der Waals surface area contributed by atoms with E-state index in [4.69, 9.17) is 4.74 Å². The van der Waals surface area contributed by atoms with Gasteiger partial charge in [-0.1, -0.05) is 18.2 Å². The van der Waals surface area contributed by atoms with Crippen molar-refractivity contribution in [3.05, 3.63) is 46.9 Å². The number of nitrogens with zero attached hydrogens (tertiary/aromatic N) is 3. The third-order valence-electron chi connectivity index (χ3n) is 2.83. The van der Waals surface area contributed by atoms with Crippen molar-refractivity contribution in [2.45, 2.75) is 6.92 Å². The number of ether oxygens (including phenoxy) is 1. The summed E-state index contributed by atoms with van der Waals surface area (Å²) in [6, 6.07) is 11.0. The molecule has 0 fully saturated rings. The average Bonchev–Trinajstić information content (AvgIpc) is 2.77. The smallest absolute Gasteiger partial charge is 0.439 e. The van der Waals surface area contributed by atoms with Gasteiger partial charge in [-0.05, 0) is 30.5 Å². The van der Waals surface area contributed by atoms with E-state index in [1.165, 1.54) is 4.40 Å². The molecule has 0 aliphatic rings. The summed E-state index contributed by atoms with van der Waals surface area (Å²) < 4.78 is 6.94. The molecule has 0 bridgehead atoms. The largest absolute Gasteiger partial charge is 0.448 e. The number of carbonyl (C=O) groups excluding carboxylic acids is 1. The van der Waals surface area contributed by atoms with Gasteiger partial charge < -0.3 is 4.74 Å². The first-order valence-corrected chi connectivity index (χ1v) is 5.89. The molecule has 0 unspecified atom stereocenters. The number of benzene rings is 1. The Morgan fingerprint density at radius 1 is 1.26 bits per heavy atom. The Morgan fingerprint density at radius 2 is 2.05 bits per heavy atom. The predicted octanol–water partition coefficient (Wildman–Crippen LogP) is 1.65. The molecular formula is C13H11N3O3. The van der Waals surface area contributed by atoms with Gasteiger partial charge >= 0.3 is 11.8 Å². The van der Waals surface area contributed by atoms with Crippen LogP contribution in [0.3, 0.4) is 0 Å². The van der Waals surface area contributed by atoms with Crippen LogP contribution >= 0.6 is 0 Å².